The molecule has 41 heavy (non-hydrogen) atoms. The van der Waals surface area contributed by atoms with E-state index in [2.05, 4.69) is 78.9 Å². The van der Waals surface area contributed by atoms with Gasteiger partial charge in [0, 0.05) is 16.3 Å². The lowest BCUT2D eigenvalue weighted by molar-refractivity contribution is 0.670. The van der Waals surface area contributed by atoms with Crippen molar-refractivity contribution in [3.8, 4) is 33.4 Å². The predicted molar refractivity (Wildman–Crippen MR) is 174 cm³/mol. The normalized spacial score (nSPS) is 13.6. The van der Waals surface area contributed by atoms with Gasteiger partial charge in [-0.05, 0) is 66.2 Å². The van der Waals surface area contributed by atoms with Gasteiger partial charge in [-0.15, -0.1) is 0 Å². The minimum Gasteiger partial charge on any atom is -0.455 e. The van der Waals surface area contributed by atoms with Gasteiger partial charge in [0.05, 0.1) is 6.85 Å². The molecule has 0 aliphatic rings. The van der Waals surface area contributed by atoms with Crippen molar-refractivity contribution in [3.63, 3.8) is 0 Å². The first-order valence-electron chi connectivity index (χ1n) is 16.2. The molecule has 1 heteroatoms. The Labute approximate surface area is 244 Å². The van der Waals surface area contributed by atoms with Crippen LogP contribution in [0.1, 0.15) is 6.85 Å². The molecule has 0 fully saturated rings. The van der Waals surface area contributed by atoms with Gasteiger partial charge in [-0.25, -0.2) is 0 Å². The molecule has 0 N–H and O–H groups in total. The Morgan fingerprint density at radius 2 is 1.07 bits per heavy atom. The lowest BCUT2D eigenvalue weighted by Gasteiger charge is -2.17. The highest BCUT2D eigenvalue weighted by Crippen LogP contribution is 2.45. The smallest absolute Gasteiger partial charge is 0.143 e. The van der Waals surface area contributed by atoms with Gasteiger partial charge < -0.3 is 4.42 Å². The quantitative estimate of drug-likeness (QED) is 0.209. The molecule has 9 rings (SSSR count). The number of fused-ring (bicyclic) bond motifs is 3. The van der Waals surface area contributed by atoms with Crippen molar-refractivity contribution in [1.29, 1.82) is 0 Å². The van der Waals surface area contributed by atoms with Crippen molar-refractivity contribution < 1.29 is 11.3 Å². The van der Waals surface area contributed by atoms with Gasteiger partial charge in [-0.1, -0.05) is 139 Å². The molecular weight excluding hydrogens is 496 g/mol. The Hall–Kier alpha value is -5.40. The third-order valence-corrected chi connectivity index (χ3v) is 8.33. The van der Waals surface area contributed by atoms with Crippen molar-refractivity contribution in [1.82, 2.24) is 0 Å². The fourth-order valence-electron chi connectivity index (χ4n) is 6.56. The van der Waals surface area contributed by atoms with Gasteiger partial charge in [0.25, 0.3) is 0 Å². The van der Waals surface area contributed by atoms with Crippen LogP contribution >= 0.6 is 0 Å². The maximum Gasteiger partial charge on any atom is 0.143 e. The summed E-state index contributed by atoms with van der Waals surface area (Å²) in [4.78, 5) is 0. The van der Waals surface area contributed by atoms with Gasteiger partial charge in [-0.3, -0.25) is 0 Å². The predicted octanol–water partition coefficient (Wildman–Crippen LogP) is 11.5. The second-order valence-electron chi connectivity index (χ2n) is 10.5. The molecule has 0 radical (unpaired) electrons. The van der Waals surface area contributed by atoms with Crippen molar-refractivity contribution >= 4 is 54.3 Å². The third-order valence-electron chi connectivity index (χ3n) is 8.33. The molecule has 0 saturated heterocycles. The number of benzene rings is 8. The van der Waals surface area contributed by atoms with Crippen molar-refractivity contribution in [2.24, 2.45) is 0 Å². The molecule has 0 aliphatic heterocycles. The second kappa shape index (κ2) is 8.55. The molecule has 1 nitrogen and oxygen atoms in total. The van der Waals surface area contributed by atoms with Gasteiger partial charge in [0.1, 0.15) is 11.2 Å². The van der Waals surface area contributed by atoms with E-state index >= 15 is 0 Å². The van der Waals surface area contributed by atoms with Crippen molar-refractivity contribution in [2.45, 2.75) is 0 Å². The summed E-state index contributed by atoms with van der Waals surface area (Å²) in [6.45, 7) is 0. The molecule has 0 saturated carbocycles. The third kappa shape index (κ3) is 3.24. The van der Waals surface area contributed by atoms with E-state index in [-0.39, 0.29) is 29.7 Å². The Kier molecular flexibility index (Phi) is 3.76. The van der Waals surface area contributed by atoms with E-state index in [1.807, 2.05) is 30.3 Å². The summed E-state index contributed by atoms with van der Waals surface area (Å²) >= 11 is 0. The zero-order chi connectivity index (χ0) is 31.3. The number of para-hydroxylation sites is 1. The van der Waals surface area contributed by atoms with E-state index in [9.17, 15) is 0 Å². The molecule has 0 amide bonds. The minimum atomic E-state index is -0.414. The first-order chi connectivity index (χ1) is 22.4. The van der Waals surface area contributed by atoms with E-state index in [1.54, 1.807) is 6.07 Å². The average Bonchev–Trinajstić information content (AvgIpc) is 3.49. The number of hydrogen-bond donors (Lipinski definition) is 0. The molecule has 0 unspecified atom stereocenters. The highest BCUT2D eigenvalue weighted by molar-refractivity contribution is 6.29. The molecule has 8 aromatic carbocycles. The Bertz CT molecular complexity index is 2660. The maximum absolute atomic E-state index is 8.61. The molecular formula is C40H24O. The summed E-state index contributed by atoms with van der Waals surface area (Å²) in [5.41, 5.74) is 6.25. The molecule has 1 heterocycles. The van der Waals surface area contributed by atoms with Crippen LogP contribution in [-0.4, -0.2) is 0 Å². The van der Waals surface area contributed by atoms with Gasteiger partial charge in [0.2, 0.25) is 0 Å². The molecule has 0 atom stereocenters. The minimum absolute atomic E-state index is 0.133. The lowest BCUT2D eigenvalue weighted by Crippen LogP contribution is -1.89. The van der Waals surface area contributed by atoms with E-state index in [0.29, 0.717) is 16.7 Å². The highest BCUT2D eigenvalue weighted by atomic mass is 16.3. The topological polar surface area (TPSA) is 13.1 Å². The summed E-state index contributed by atoms with van der Waals surface area (Å²) in [6, 6.07) is 38.1. The standard InChI is InChI=1S/C40H24O/c1-3-9-25(10-4-1)29-21-17-27-20-24-34-31(22-18-28-19-23-33(29)37(27)38(28)34)32-14-8-16-36-39(32)35-15-7-13-30(40(35)41-36)26-11-5-2-6-12-26/h1-24H/i2D,5D,6D,11D,12D. The van der Waals surface area contributed by atoms with E-state index < -0.39 is 6.04 Å². The van der Waals surface area contributed by atoms with Crippen LogP contribution in [0.5, 0.6) is 0 Å². The van der Waals surface area contributed by atoms with Crippen LogP contribution in [-0.2, 0) is 0 Å². The SMILES string of the molecule is [2H]c1c([2H])c([2H])c(-c2cccc3c2oc2cccc(-c4ccc5ccc6c(-c7ccccc7)ccc7ccc4c5c76)c23)c([2H])c1[2H]. The maximum atomic E-state index is 8.61. The molecule has 1 aromatic heterocycles. The molecule has 0 bridgehead atoms. The highest BCUT2D eigenvalue weighted by Gasteiger charge is 2.19. The van der Waals surface area contributed by atoms with Crippen LogP contribution in [0.25, 0.3) is 87.6 Å². The summed E-state index contributed by atoms with van der Waals surface area (Å²) < 4.78 is 48.2. The Morgan fingerprint density at radius 3 is 1.85 bits per heavy atom. The molecule has 9 aromatic rings. The largest absolute Gasteiger partial charge is 0.455 e. The number of hydrogen-bond acceptors (Lipinski definition) is 1. The monoisotopic (exact) mass is 525 g/mol. The second-order valence-corrected chi connectivity index (χ2v) is 10.5. The van der Waals surface area contributed by atoms with Gasteiger partial charge in [0.15, 0.2) is 0 Å². The average molecular weight is 526 g/mol. The fraction of sp³-hybridized carbons (Fsp3) is 0. The zero-order valence-electron chi connectivity index (χ0n) is 26.9. The number of furan rings is 1. The summed E-state index contributed by atoms with van der Waals surface area (Å²) in [6.07, 6.45) is 0. The van der Waals surface area contributed by atoms with Crippen molar-refractivity contribution in [2.75, 3.05) is 0 Å². The van der Waals surface area contributed by atoms with E-state index in [1.165, 1.54) is 38.1 Å². The fourth-order valence-corrected chi connectivity index (χ4v) is 6.56. The first-order valence-corrected chi connectivity index (χ1v) is 13.7. The molecule has 0 aliphatic carbocycles. The number of rotatable bonds is 3. The van der Waals surface area contributed by atoms with Gasteiger partial charge >= 0.3 is 0 Å². The zero-order valence-corrected chi connectivity index (χ0v) is 21.9. The lowest BCUT2D eigenvalue weighted by atomic mass is 9.86. The van der Waals surface area contributed by atoms with E-state index in [0.717, 1.165) is 27.3 Å². The van der Waals surface area contributed by atoms with Crippen LogP contribution < -0.4 is 0 Å². The van der Waals surface area contributed by atoms with Crippen LogP contribution in [0.3, 0.4) is 0 Å². The Balaban J connectivity index is 1.34. The molecule has 0 spiro atoms. The van der Waals surface area contributed by atoms with E-state index in [4.69, 9.17) is 11.3 Å². The van der Waals surface area contributed by atoms with Crippen LogP contribution in [0.2, 0.25) is 0 Å². The van der Waals surface area contributed by atoms with Crippen molar-refractivity contribution in [3.05, 3.63) is 145 Å². The molecule has 190 valence electrons. The first kappa shape index (κ1) is 18.0. The van der Waals surface area contributed by atoms with Gasteiger partial charge in [-0.2, -0.15) is 0 Å². The van der Waals surface area contributed by atoms with Crippen LogP contribution in [0.4, 0.5) is 0 Å². The Morgan fingerprint density at radius 1 is 0.415 bits per heavy atom. The summed E-state index contributed by atoms with van der Waals surface area (Å²) in [5.74, 6) is 0. The summed E-state index contributed by atoms with van der Waals surface area (Å²) in [7, 11) is 0. The van der Waals surface area contributed by atoms with Crippen LogP contribution in [0, 0.1) is 0 Å². The summed E-state index contributed by atoms with van der Waals surface area (Å²) in [5, 5.41) is 8.94. The van der Waals surface area contributed by atoms with Crippen LogP contribution in [0.15, 0.2) is 150 Å².